The highest BCUT2D eigenvalue weighted by Gasteiger charge is 2.02. The minimum absolute atomic E-state index is 0.463. The predicted octanol–water partition coefficient (Wildman–Crippen LogP) is 2.55. The van der Waals surface area contributed by atoms with Crippen molar-refractivity contribution in [2.45, 2.75) is 6.42 Å². The van der Waals surface area contributed by atoms with Gasteiger partial charge in [0.05, 0.1) is 0 Å². The molecule has 1 aromatic carbocycles. The van der Waals surface area contributed by atoms with Crippen LogP contribution in [0.15, 0.2) is 36.5 Å². The lowest BCUT2D eigenvalue weighted by Crippen LogP contribution is -1.76. The highest BCUT2D eigenvalue weighted by atomic mass is 32.1. The van der Waals surface area contributed by atoms with Crippen LogP contribution < -0.4 is 0 Å². The number of carbonyl (C=O) groups excluding carboxylic acids is 1. The zero-order valence-electron chi connectivity index (χ0n) is 7.51. The Bertz CT molecular complexity index is 422. The second-order valence-electron chi connectivity index (χ2n) is 2.87. The van der Waals surface area contributed by atoms with E-state index in [9.17, 15) is 4.79 Å². The van der Waals surface area contributed by atoms with Gasteiger partial charge in [-0.05, 0) is 0 Å². The molecule has 0 saturated heterocycles. The predicted molar refractivity (Wildman–Crippen MR) is 57.3 cm³/mol. The van der Waals surface area contributed by atoms with Crippen molar-refractivity contribution in [2.24, 2.45) is 0 Å². The van der Waals surface area contributed by atoms with Gasteiger partial charge in [0.2, 0.25) is 0 Å². The monoisotopic (exact) mass is 203 g/mol. The molecule has 0 N–H and O–H groups in total. The second kappa shape index (κ2) is 4.15. The zero-order valence-corrected chi connectivity index (χ0v) is 8.33. The highest BCUT2D eigenvalue weighted by molar-refractivity contribution is 7.15. The van der Waals surface area contributed by atoms with Gasteiger partial charge < -0.3 is 4.79 Å². The maximum Gasteiger partial charge on any atom is 0.125 e. The van der Waals surface area contributed by atoms with Crippen LogP contribution in [0.4, 0.5) is 0 Å². The van der Waals surface area contributed by atoms with E-state index in [1.807, 2.05) is 30.3 Å². The smallest absolute Gasteiger partial charge is 0.125 e. The number of aldehydes is 1. The minimum Gasteiger partial charge on any atom is -0.303 e. The molecule has 0 aliphatic rings. The van der Waals surface area contributed by atoms with Crippen LogP contribution in [0.1, 0.15) is 4.88 Å². The third-order valence-corrected chi connectivity index (χ3v) is 2.93. The first-order chi connectivity index (χ1) is 6.90. The van der Waals surface area contributed by atoms with Crippen molar-refractivity contribution in [3.05, 3.63) is 41.4 Å². The SMILES string of the molecule is O=CCc1cnc(-c2ccccc2)s1. The third kappa shape index (κ3) is 1.88. The van der Waals surface area contributed by atoms with Crippen LogP contribution in [0.2, 0.25) is 0 Å². The summed E-state index contributed by atoms with van der Waals surface area (Å²) in [6.07, 6.45) is 3.13. The molecule has 0 unspecified atom stereocenters. The molecule has 2 rings (SSSR count). The molecule has 0 aliphatic carbocycles. The average molecular weight is 203 g/mol. The standard InChI is InChI=1S/C11H9NOS/c13-7-6-10-8-12-11(14-10)9-4-2-1-3-5-9/h1-5,7-8H,6H2. The van der Waals surface area contributed by atoms with Crippen molar-refractivity contribution in [3.8, 4) is 10.6 Å². The summed E-state index contributed by atoms with van der Waals surface area (Å²) in [5, 5.41) is 0.974. The first-order valence-corrected chi connectivity index (χ1v) is 5.15. The van der Waals surface area contributed by atoms with E-state index in [0.29, 0.717) is 6.42 Å². The van der Waals surface area contributed by atoms with Crippen LogP contribution in [0.5, 0.6) is 0 Å². The molecule has 2 nitrogen and oxygen atoms in total. The van der Waals surface area contributed by atoms with E-state index in [1.54, 1.807) is 17.5 Å². The molecular formula is C11H9NOS. The quantitative estimate of drug-likeness (QED) is 0.717. The molecule has 70 valence electrons. The Morgan fingerprint density at radius 3 is 2.79 bits per heavy atom. The van der Waals surface area contributed by atoms with Gasteiger partial charge >= 0.3 is 0 Å². The van der Waals surface area contributed by atoms with Crippen LogP contribution in [-0.4, -0.2) is 11.3 Å². The lowest BCUT2D eigenvalue weighted by molar-refractivity contribution is -0.107. The van der Waals surface area contributed by atoms with Crippen LogP contribution >= 0.6 is 11.3 Å². The molecule has 0 bridgehead atoms. The van der Waals surface area contributed by atoms with Crippen LogP contribution in [0.3, 0.4) is 0 Å². The summed E-state index contributed by atoms with van der Waals surface area (Å²) >= 11 is 1.57. The molecule has 0 amide bonds. The molecule has 0 fully saturated rings. The Kier molecular flexibility index (Phi) is 2.70. The molecule has 14 heavy (non-hydrogen) atoms. The number of aromatic nitrogens is 1. The highest BCUT2D eigenvalue weighted by Crippen LogP contribution is 2.24. The van der Waals surface area contributed by atoms with Gasteiger partial charge in [-0.3, -0.25) is 0 Å². The molecule has 2 aromatic rings. The van der Waals surface area contributed by atoms with E-state index in [-0.39, 0.29) is 0 Å². The van der Waals surface area contributed by atoms with Gasteiger partial charge in [-0.2, -0.15) is 0 Å². The fraction of sp³-hybridized carbons (Fsp3) is 0.0909. The first kappa shape index (κ1) is 9.09. The summed E-state index contributed by atoms with van der Waals surface area (Å²) in [7, 11) is 0. The van der Waals surface area contributed by atoms with Crippen molar-refractivity contribution in [3.63, 3.8) is 0 Å². The molecule has 3 heteroatoms. The largest absolute Gasteiger partial charge is 0.303 e. The fourth-order valence-electron chi connectivity index (χ4n) is 1.20. The van der Waals surface area contributed by atoms with Crippen molar-refractivity contribution in [1.82, 2.24) is 4.98 Å². The van der Waals surface area contributed by atoms with Crippen LogP contribution in [0.25, 0.3) is 10.6 Å². The topological polar surface area (TPSA) is 30.0 Å². The third-order valence-electron chi connectivity index (χ3n) is 1.86. The minimum atomic E-state index is 0.463. The van der Waals surface area contributed by atoms with Gasteiger partial charge in [-0.15, -0.1) is 11.3 Å². The summed E-state index contributed by atoms with van der Waals surface area (Å²) in [6, 6.07) is 9.97. The van der Waals surface area contributed by atoms with E-state index >= 15 is 0 Å². The summed E-state index contributed by atoms with van der Waals surface area (Å²) in [5.41, 5.74) is 1.11. The van der Waals surface area contributed by atoms with E-state index in [4.69, 9.17) is 0 Å². The molecule has 0 aliphatic heterocycles. The van der Waals surface area contributed by atoms with Gasteiger partial charge in [0.25, 0.3) is 0 Å². The Labute approximate surface area is 86.2 Å². The van der Waals surface area contributed by atoms with Gasteiger partial charge in [0, 0.05) is 23.1 Å². The molecule has 0 spiro atoms. The van der Waals surface area contributed by atoms with Crippen molar-refractivity contribution in [1.29, 1.82) is 0 Å². The molecule has 1 heterocycles. The fourth-order valence-corrected chi connectivity index (χ4v) is 2.06. The number of carbonyl (C=O) groups is 1. The van der Waals surface area contributed by atoms with Gasteiger partial charge in [0.15, 0.2) is 0 Å². The van der Waals surface area contributed by atoms with Gasteiger partial charge in [-0.25, -0.2) is 4.98 Å². The maximum absolute atomic E-state index is 10.3. The molecule has 0 atom stereocenters. The second-order valence-corrected chi connectivity index (χ2v) is 3.98. The molecule has 1 aromatic heterocycles. The zero-order chi connectivity index (χ0) is 9.80. The van der Waals surface area contributed by atoms with Gasteiger partial charge in [0.1, 0.15) is 11.3 Å². The summed E-state index contributed by atoms with van der Waals surface area (Å²) in [5.74, 6) is 0. The molecular weight excluding hydrogens is 194 g/mol. The normalized spacial score (nSPS) is 10.0. The average Bonchev–Trinajstić information content (AvgIpc) is 2.68. The number of benzene rings is 1. The lowest BCUT2D eigenvalue weighted by atomic mass is 10.2. The van der Waals surface area contributed by atoms with Crippen molar-refractivity contribution in [2.75, 3.05) is 0 Å². The first-order valence-electron chi connectivity index (χ1n) is 4.34. The number of nitrogens with zero attached hydrogens (tertiary/aromatic N) is 1. The summed E-state index contributed by atoms with van der Waals surface area (Å²) in [6.45, 7) is 0. The van der Waals surface area contributed by atoms with Crippen LogP contribution in [0, 0.1) is 0 Å². The van der Waals surface area contributed by atoms with E-state index in [1.165, 1.54) is 0 Å². The number of thiazole rings is 1. The van der Waals surface area contributed by atoms with Crippen molar-refractivity contribution < 1.29 is 4.79 Å². The summed E-state index contributed by atoms with van der Waals surface area (Å²) < 4.78 is 0. The number of hydrogen-bond donors (Lipinski definition) is 0. The number of hydrogen-bond acceptors (Lipinski definition) is 3. The van der Waals surface area contributed by atoms with Gasteiger partial charge in [-0.1, -0.05) is 30.3 Å². The Hall–Kier alpha value is -1.48. The van der Waals surface area contributed by atoms with Crippen LogP contribution in [-0.2, 0) is 11.2 Å². The molecule has 0 radical (unpaired) electrons. The summed E-state index contributed by atoms with van der Waals surface area (Å²) in [4.78, 5) is 15.6. The Morgan fingerprint density at radius 1 is 1.29 bits per heavy atom. The number of rotatable bonds is 3. The van der Waals surface area contributed by atoms with Crippen molar-refractivity contribution >= 4 is 17.6 Å². The Morgan fingerprint density at radius 2 is 2.07 bits per heavy atom. The van der Waals surface area contributed by atoms with E-state index in [2.05, 4.69) is 4.98 Å². The molecule has 0 saturated carbocycles. The van der Waals surface area contributed by atoms with E-state index in [0.717, 1.165) is 21.7 Å². The maximum atomic E-state index is 10.3. The Balaban J connectivity index is 2.29. The lowest BCUT2D eigenvalue weighted by Gasteiger charge is -1.92. The van der Waals surface area contributed by atoms with E-state index < -0.39 is 0 Å².